The van der Waals surface area contributed by atoms with Crippen LogP contribution in [-0.2, 0) is 16.6 Å². The molecule has 0 N–H and O–H groups in total. The molecule has 0 atom stereocenters. The summed E-state index contributed by atoms with van der Waals surface area (Å²) in [5.74, 6) is 0.803. The zero-order chi connectivity index (χ0) is 16.4. The maximum absolute atomic E-state index is 12.8. The van der Waals surface area contributed by atoms with Crippen LogP contribution in [-0.4, -0.2) is 65.6 Å². The summed E-state index contributed by atoms with van der Waals surface area (Å²) < 4.78 is 28.9. The van der Waals surface area contributed by atoms with Crippen LogP contribution in [0.25, 0.3) is 0 Å². The molecule has 0 saturated carbocycles. The van der Waals surface area contributed by atoms with E-state index in [2.05, 4.69) is 15.0 Å². The van der Waals surface area contributed by atoms with Gasteiger partial charge in [-0.1, -0.05) is 12.1 Å². The molecule has 124 valence electrons. The number of aryl methyl sites for hydroxylation is 1. The summed E-state index contributed by atoms with van der Waals surface area (Å²) in [6.07, 6.45) is 1.50. The number of likely N-dealkylation sites (N-methyl/N-ethyl adjacent to an activating group) is 1. The van der Waals surface area contributed by atoms with E-state index < -0.39 is 10.0 Å². The average Bonchev–Trinajstić information content (AvgIpc) is 2.93. The van der Waals surface area contributed by atoms with Crippen LogP contribution in [0, 0.1) is 6.92 Å². The molecule has 0 amide bonds. The van der Waals surface area contributed by atoms with E-state index in [4.69, 9.17) is 0 Å². The van der Waals surface area contributed by atoms with Crippen molar-refractivity contribution in [3.8, 4) is 0 Å². The van der Waals surface area contributed by atoms with Crippen LogP contribution in [0.4, 0.5) is 0 Å². The second-order valence-electron chi connectivity index (χ2n) is 5.82. The molecule has 2 aromatic rings. The molecule has 23 heavy (non-hydrogen) atoms. The van der Waals surface area contributed by atoms with Crippen molar-refractivity contribution in [3.63, 3.8) is 0 Å². The fourth-order valence-electron chi connectivity index (χ4n) is 2.63. The Morgan fingerprint density at radius 3 is 2.57 bits per heavy atom. The lowest BCUT2D eigenvalue weighted by Crippen LogP contribution is -2.47. The summed E-state index contributed by atoms with van der Waals surface area (Å²) >= 11 is 0. The average molecular weight is 335 g/mol. The minimum Gasteiger partial charge on any atom is -0.304 e. The molecule has 0 aliphatic carbocycles. The van der Waals surface area contributed by atoms with Gasteiger partial charge in [-0.3, -0.25) is 0 Å². The molecule has 7 nitrogen and oxygen atoms in total. The lowest BCUT2D eigenvalue weighted by Gasteiger charge is -2.31. The Kier molecular flexibility index (Phi) is 4.47. The van der Waals surface area contributed by atoms with Gasteiger partial charge in [0.15, 0.2) is 0 Å². The van der Waals surface area contributed by atoms with Gasteiger partial charge in [-0.15, -0.1) is 0 Å². The van der Waals surface area contributed by atoms with Crippen LogP contribution < -0.4 is 0 Å². The summed E-state index contributed by atoms with van der Waals surface area (Å²) in [5.41, 5.74) is 0.897. The molecule has 0 spiro atoms. The predicted octanol–water partition coefficient (Wildman–Crippen LogP) is 0.571. The zero-order valence-electron chi connectivity index (χ0n) is 13.4. The van der Waals surface area contributed by atoms with E-state index in [1.807, 2.05) is 20.0 Å². The van der Waals surface area contributed by atoms with Crippen molar-refractivity contribution < 1.29 is 8.42 Å². The summed E-state index contributed by atoms with van der Waals surface area (Å²) in [4.78, 5) is 6.56. The number of hydrogen-bond acceptors (Lipinski definition) is 5. The van der Waals surface area contributed by atoms with Gasteiger partial charge in [0.2, 0.25) is 10.0 Å². The van der Waals surface area contributed by atoms with E-state index in [-0.39, 0.29) is 0 Å². The molecule has 0 bridgehead atoms. The molecule has 2 heterocycles. The minimum atomic E-state index is -3.44. The van der Waals surface area contributed by atoms with E-state index in [1.54, 1.807) is 27.2 Å². The summed E-state index contributed by atoms with van der Waals surface area (Å²) in [6, 6.07) is 7.08. The van der Waals surface area contributed by atoms with Crippen LogP contribution in [0.2, 0.25) is 0 Å². The van der Waals surface area contributed by atoms with Gasteiger partial charge in [-0.25, -0.2) is 18.1 Å². The minimum absolute atomic E-state index is 0.345. The smallest absolute Gasteiger partial charge is 0.243 e. The first-order valence-electron chi connectivity index (χ1n) is 7.59. The summed E-state index contributed by atoms with van der Waals surface area (Å²) in [6.45, 7) is 4.97. The SMILES string of the molecule is Cc1ncnn1Cc1cccc(S(=O)(=O)N2CCN(C)CC2)c1. The van der Waals surface area contributed by atoms with Crippen molar-refractivity contribution in [2.75, 3.05) is 33.2 Å². The summed E-state index contributed by atoms with van der Waals surface area (Å²) in [5, 5.41) is 4.14. The highest BCUT2D eigenvalue weighted by Crippen LogP contribution is 2.19. The van der Waals surface area contributed by atoms with E-state index in [0.717, 1.165) is 24.5 Å². The Bertz CT molecular complexity index is 779. The van der Waals surface area contributed by atoms with Crippen LogP contribution >= 0.6 is 0 Å². The van der Waals surface area contributed by atoms with Crippen molar-refractivity contribution in [2.45, 2.75) is 18.4 Å². The third-order valence-electron chi connectivity index (χ3n) is 4.14. The first-order valence-corrected chi connectivity index (χ1v) is 9.03. The molecular weight excluding hydrogens is 314 g/mol. The highest BCUT2D eigenvalue weighted by atomic mass is 32.2. The maximum atomic E-state index is 12.8. The van der Waals surface area contributed by atoms with Gasteiger partial charge in [0.25, 0.3) is 0 Å². The Morgan fingerprint density at radius 2 is 1.91 bits per heavy atom. The number of piperazine rings is 1. The van der Waals surface area contributed by atoms with Crippen LogP contribution in [0.1, 0.15) is 11.4 Å². The van der Waals surface area contributed by atoms with Gasteiger partial charge in [0.05, 0.1) is 11.4 Å². The van der Waals surface area contributed by atoms with Gasteiger partial charge < -0.3 is 4.90 Å². The molecule has 1 aromatic carbocycles. The zero-order valence-corrected chi connectivity index (χ0v) is 14.2. The Balaban J connectivity index is 1.82. The van der Waals surface area contributed by atoms with E-state index in [1.165, 1.54) is 6.33 Å². The topological polar surface area (TPSA) is 71.3 Å². The molecule has 1 aliphatic rings. The second kappa shape index (κ2) is 6.38. The lowest BCUT2D eigenvalue weighted by atomic mass is 10.2. The van der Waals surface area contributed by atoms with Crippen molar-refractivity contribution in [1.29, 1.82) is 0 Å². The number of sulfonamides is 1. The second-order valence-corrected chi connectivity index (χ2v) is 7.76. The molecule has 0 unspecified atom stereocenters. The normalized spacial score (nSPS) is 17.5. The third kappa shape index (κ3) is 3.44. The predicted molar refractivity (Wildman–Crippen MR) is 86.6 cm³/mol. The summed E-state index contributed by atoms with van der Waals surface area (Å²) in [7, 11) is -1.43. The van der Waals surface area contributed by atoms with Crippen molar-refractivity contribution >= 4 is 10.0 Å². The van der Waals surface area contributed by atoms with Crippen LogP contribution in [0.5, 0.6) is 0 Å². The molecule has 3 rings (SSSR count). The fraction of sp³-hybridized carbons (Fsp3) is 0.467. The van der Waals surface area contributed by atoms with Crippen molar-refractivity contribution in [2.24, 2.45) is 0 Å². The highest BCUT2D eigenvalue weighted by molar-refractivity contribution is 7.89. The molecule has 0 radical (unpaired) electrons. The fourth-order valence-corrected chi connectivity index (χ4v) is 4.12. The largest absolute Gasteiger partial charge is 0.304 e. The number of nitrogens with zero attached hydrogens (tertiary/aromatic N) is 5. The lowest BCUT2D eigenvalue weighted by molar-refractivity contribution is 0.222. The monoisotopic (exact) mass is 335 g/mol. The Labute approximate surface area is 136 Å². The van der Waals surface area contributed by atoms with E-state index >= 15 is 0 Å². The van der Waals surface area contributed by atoms with E-state index in [9.17, 15) is 8.42 Å². The Morgan fingerprint density at radius 1 is 1.17 bits per heavy atom. The number of aromatic nitrogens is 3. The third-order valence-corrected chi connectivity index (χ3v) is 6.03. The molecule has 1 aliphatic heterocycles. The van der Waals surface area contributed by atoms with Crippen LogP contribution in [0.3, 0.4) is 0 Å². The molecular formula is C15H21N5O2S. The Hall–Kier alpha value is -1.77. The maximum Gasteiger partial charge on any atom is 0.243 e. The first kappa shape index (κ1) is 16.1. The number of hydrogen-bond donors (Lipinski definition) is 0. The van der Waals surface area contributed by atoms with Gasteiger partial charge in [0.1, 0.15) is 12.2 Å². The van der Waals surface area contributed by atoms with E-state index in [0.29, 0.717) is 24.5 Å². The quantitative estimate of drug-likeness (QED) is 0.817. The van der Waals surface area contributed by atoms with Crippen LogP contribution in [0.15, 0.2) is 35.5 Å². The first-order chi connectivity index (χ1) is 11.0. The van der Waals surface area contributed by atoms with Gasteiger partial charge in [0, 0.05) is 26.2 Å². The molecule has 8 heteroatoms. The number of benzene rings is 1. The highest BCUT2D eigenvalue weighted by Gasteiger charge is 2.27. The van der Waals surface area contributed by atoms with Gasteiger partial charge in [-0.2, -0.15) is 9.40 Å². The standard InChI is InChI=1S/C15H21N5O2S/c1-13-16-12-17-20(13)11-14-4-3-5-15(10-14)23(21,22)19-8-6-18(2)7-9-19/h3-5,10,12H,6-9,11H2,1-2H3. The number of rotatable bonds is 4. The van der Waals surface area contributed by atoms with Gasteiger partial charge >= 0.3 is 0 Å². The van der Waals surface area contributed by atoms with Crippen molar-refractivity contribution in [3.05, 3.63) is 42.0 Å². The molecule has 1 aromatic heterocycles. The molecule has 1 saturated heterocycles. The van der Waals surface area contributed by atoms with Gasteiger partial charge in [-0.05, 0) is 31.7 Å². The van der Waals surface area contributed by atoms with Crippen molar-refractivity contribution in [1.82, 2.24) is 24.0 Å². The molecule has 1 fully saturated rings.